The Morgan fingerprint density at radius 2 is 1.76 bits per heavy atom. The molecule has 4 nitrogen and oxygen atoms in total. The van der Waals surface area contributed by atoms with E-state index in [-0.39, 0.29) is 11.4 Å². The monoisotopic (exact) mass is 229 g/mol. The van der Waals surface area contributed by atoms with Gasteiger partial charge in [-0.15, -0.1) is 0 Å². The van der Waals surface area contributed by atoms with Crippen molar-refractivity contribution >= 4 is 5.69 Å². The Morgan fingerprint density at radius 1 is 1.12 bits per heavy atom. The zero-order chi connectivity index (χ0) is 12.4. The van der Waals surface area contributed by atoms with Crippen LogP contribution in [0.1, 0.15) is 5.56 Å². The number of nitro groups is 1. The first kappa shape index (κ1) is 11.1. The summed E-state index contributed by atoms with van der Waals surface area (Å²) in [5, 5.41) is 20.6. The van der Waals surface area contributed by atoms with Crippen LogP contribution in [0.25, 0.3) is 11.1 Å². The van der Waals surface area contributed by atoms with Crippen LogP contribution < -0.4 is 0 Å². The van der Waals surface area contributed by atoms with Gasteiger partial charge in [-0.3, -0.25) is 10.1 Å². The summed E-state index contributed by atoms with van der Waals surface area (Å²) in [5.41, 5.74) is 1.72. The third kappa shape index (κ3) is 1.97. The van der Waals surface area contributed by atoms with E-state index in [0.717, 1.165) is 5.56 Å². The van der Waals surface area contributed by atoms with Crippen LogP contribution in [0.4, 0.5) is 5.69 Å². The van der Waals surface area contributed by atoms with Crippen LogP contribution in [0.15, 0.2) is 42.5 Å². The number of hydrogen-bond donors (Lipinski definition) is 1. The summed E-state index contributed by atoms with van der Waals surface area (Å²) in [4.78, 5) is 10.5. The molecule has 0 aliphatic carbocycles. The summed E-state index contributed by atoms with van der Waals surface area (Å²) < 4.78 is 0. The van der Waals surface area contributed by atoms with Crippen LogP contribution in [-0.4, -0.2) is 10.0 Å². The van der Waals surface area contributed by atoms with E-state index in [2.05, 4.69) is 0 Å². The smallest absolute Gasteiger partial charge is 0.277 e. The molecule has 0 atom stereocenters. The van der Waals surface area contributed by atoms with E-state index in [4.69, 9.17) is 0 Å². The van der Waals surface area contributed by atoms with Crippen LogP contribution in [0.2, 0.25) is 0 Å². The van der Waals surface area contributed by atoms with E-state index in [1.165, 1.54) is 12.1 Å². The van der Waals surface area contributed by atoms with Crippen LogP contribution >= 0.6 is 0 Å². The van der Waals surface area contributed by atoms with E-state index >= 15 is 0 Å². The SMILES string of the molecule is Cc1c(O)ccc([N+](=O)[O-])c1-c1ccccc1. The largest absolute Gasteiger partial charge is 0.508 e. The van der Waals surface area contributed by atoms with Crippen LogP contribution in [0.5, 0.6) is 5.75 Å². The first-order valence-corrected chi connectivity index (χ1v) is 5.13. The molecular formula is C13H11NO3. The number of aromatic hydroxyl groups is 1. The Kier molecular flexibility index (Phi) is 2.78. The number of rotatable bonds is 2. The molecule has 0 heterocycles. The third-order valence-electron chi connectivity index (χ3n) is 2.67. The number of phenols is 1. The lowest BCUT2D eigenvalue weighted by molar-refractivity contribution is -0.384. The molecular weight excluding hydrogens is 218 g/mol. The number of nitrogens with zero attached hydrogens (tertiary/aromatic N) is 1. The van der Waals surface area contributed by atoms with Crippen molar-refractivity contribution < 1.29 is 10.0 Å². The van der Waals surface area contributed by atoms with E-state index in [0.29, 0.717) is 11.1 Å². The second-order valence-corrected chi connectivity index (χ2v) is 3.73. The van der Waals surface area contributed by atoms with Gasteiger partial charge in [0.15, 0.2) is 0 Å². The summed E-state index contributed by atoms with van der Waals surface area (Å²) >= 11 is 0. The minimum absolute atomic E-state index is 0.00602. The Balaban J connectivity index is 2.74. The summed E-state index contributed by atoms with van der Waals surface area (Å²) in [6.45, 7) is 1.67. The van der Waals surface area contributed by atoms with Gasteiger partial charge in [0, 0.05) is 11.6 Å². The molecule has 0 unspecified atom stereocenters. The number of phenolic OH excluding ortho intramolecular Hbond substituents is 1. The summed E-state index contributed by atoms with van der Waals surface area (Å²) in [6.07, 6.45) is 0. The van der Waals surface area contributed by atoms with Crippen molar-refractivity contribution in [1.82, 2.24) is 0 Å². The first-order chi connectivity index (χ1) is 8.11. The topological polar surface area (TPSA) is 63.4 Å². The highest BCUT2D eigenvalue weighted by Gasteiger charge is 2.19. The lowest BCUT2D eigenvalue weighted by atomic mass is 9.98. The average molecular weight is 229 g/mol. The van der Waals surface area contributed by atoms with Gasteiger partial charge in [-0.1, -0.05) is 30.3 Å². The van der Waals surface area contributed by atoms with Crippen LogP contribution in [0.3, 0.4) is 0 Å². The molecule has 86 valence electrons. The van der Waals surface area contributed by atoms with Crippen molar-refractivity contribution in [3.05, 3.63) is 58.1 Å². The molecule has 0 bridgehead atoms. The molecule has 0 radical (unpaired) electrons. The maximum Gasteiger partial charge on any atom is 0.277 e. The van der Waals surface area contributed by atoms with Crippen molar-refractivity contribution in [2.45, 2.75) is 6.92 Å². The molecule has 0 aliphatic rings. The van der Waals surface area contributed by atoms with Crippen LogP contribution in [-0.2, 0) is 0 Å². The molecule has 4 heteroatoms. The van der Waals surface area contributed by atoms with Crippen molar-refractivity contribution in [1.29, 1.82) is 0 Å². The quantitative estimate of drug-likeness (QED) is 0.634. The number of hydrogen-bond acceptors (Lipinski definition) is 3. The van der Waals surface area contributed by atoms with Crippen molar-refractivity contribution in [2.75, 3.05) is 0 Å². The fourth-order valence-electron chi connectivity index (χ4n) is 1.81. The molecule has 0 spiro atoms. The minimum atomic E-state index is -0.436. The van der Waals surface area contributed by atoms with Gasteiger partial charge in [0.05, 0.1) is 10.5 Å². The fourth-order valence-corrected chi connectivity index (χ4v) is 1.81. The number of benzene rings is 2. The van der Waals surface area contributed by atoms with Gasteiger partial charge in [0.2, 0.25) is 0 Å². The maximum atomic E-state index is 11.0. The first-order valence-electron chi connectivity index (χ1n) is 5.13. The summed E-state index contributed by atoms with van der Waals surface area (Å²) in [6, 6.07) is 11.7. The lowest BCUT2D eigenvalue weighted by Crippen LogP contribution is -1.94. The molecule has 1 N–H and O–H groups in total. The van der Waals surface area contributed by atoms with Gasteiger partial charge in [0.25, 0.3) is 5.69 Å². The summed E-state index contributed by atoms with van der Waals surface area (Å²) in [5.74, 6) is 0.0643. The highest BCUT2D eigenvalue weighted by Crippen LogP contribution is 2.36. The van der Waals surface area contributed by atoms with Gasteiger partial charge in [-0.25, -0.2) is 0 Å². The average Bonchev–Trinajstić information content (AvgIpc) is 2.33. The number of nitro benzene ring substituents is 1. The van der Waals surface area contributed by atoms with Crippen molar-refractivity contribution in [3.63, 3.8) is 0 Å². The Labute approximate surface area is 98.3 Å². The normalized spacial score (nSPS) is 10.2. The predicted octanol–water partition coefficient (Wildman–Crippen LogP) is 3.28. The standard InChI is InChI=1S/C13H11NO3/c1-9-12(15)8-7-11(14(16)17)13(9)10-5-3-2-4-6-10/h2-8,15H,1H3. The van der Waals surface area contributed by atoms with Gasteiger partial charge in [0.1, 0.15) is 5.75 Å². The van der Waals surface area contributed by atoms with E-state index in [9.17, 15) is 15.2 Å². The Bertz CT molecular complexity index is 564. The molecule has 2 aromatic rings. The van der Waals surface area contributed by atoms with E-state index < -0.39 is 4.92 Å². The summed E-state index contributed by atoms with van der Waals surface area (Å²) in [7, 11) is 0. The Hall–Kier alpha value is -2.36. The molecule has 0 saturated carbocycles. The zero-order valence-electron chi connectivity index (χ0n) is 9.25. The third-order valence-corrected chi connectivity index (χ3v) is 2.67. The molecule has 17 heavy (non-hydrogen) atoms. The minimum Gasteiger partial charge on any atom is -0.508 e. The molecule has 2 rings (SSSR count). The molecule has 2 aromatic carbocycles. The van der Waals surface area contributed by atoms with Crippen LogP contribution in [0, 0.1) is 17.0 Å². The van der Waals surface area contributed by atoms with Gasteiger partial charge in [-0.2, -0.15) is 0 Å². The molecule has 0 saturated heterocycles. The zero-order valence-corrected chi connectivity index (χ0v) is 9.25. The maximum absolute atomic E-state index is 11.0. The van der Waals surface area contributed by atoms with Crippen molar-refractivity contribution in [2.24, 2.45) is 0 Å². The molecule has 0 aromatic heterocycles. The van der Waals surface area contributed by atoms with E-state index in [1.54, 1.807) is 19.1 Å². The molecule has 0 amide bonds. The van der Waals surface area contributed by atoms with E-state index in [1.807, 2.05) is 18.2 Å². The van der Waals surface area contributed by atoms with Gasteiger partial charge in [-0.05, 0) is 18.6 Å². The second-order valence-electron chi connectivity index (χ2n) is 3.73. The second kappa shape index (κ2) is 4.25. The molecule has 0 fully saturated rings. The van der Waals surface area contributed by atoms with Gasteiger partial charge >= 0.3 is 0 Å². The lowest BCUT2D eigenvalue weighted by Gasteiger charge is -2.08. The fraction of sp³-hybridized carbons (Fsp3) is 0.0769. The van der Waals surface area contributed by atoms with Crippen molar-refractivity contribution in [3.8, 4) is 16.9 Å². The highest BCUT2D eigenvalue weighted by atomic mass is 16.6. The van der Waals surface area contributed by atoms with Gasteiger partial charge < -0.3 is 5.11 Å². The highest BCUT2D eigenvalue weighted by molar-refractivity contribution is 5.78. The molecule has 0 aliphatic heterocycles. The Morgan fingerprint density at radius 3 is 2.35 bits per heavy atom. The predicted molar refractivity (Wildman–Crippen MR) is 64.9 cm³/mol.